The average molecular weight is 364 g/mol. The van der Waals surface area contributed by atoms with Crippen LogP contribution in [0.4, 0.5) is 5.13 Å². The molecule has 0 N–H and O–H groups in total. The van der Waals surface area contributed by atoms with E-state index in [2.05, 4.69) is 10.3 Å². The summed E-state index contributed by atoms with van der Waals surface area (Å²) in [6.45, 7) is 1.92. The van der Waals surface area contributed by atoms with Gasteiger partial charge in [0.1, 0.15) is 0 Å². The number of anilines is 1. The summed E-state index contributed by atoms with van der Waals surface area (Å²) in [6.07, 6.45) is 2.74. The standard InChI is InChI=1S/C18H22ClN3OS/c1-21(2)17(23)11-13-7-9-22(10-8-13)18-20-16(12-24-18)14-5-3-4-6-15(14)19/h3-6,12-13H,7-11H2,1-2H3. The molecule has 1 aromatic carbocycles. The number of nitrogens with zero attached hydrogens (tertiary/aromatic N) is 3. The molecule has 0 saturated carbocycles. The van der Waals surface area contributed by atoms with Crippen LogP contribution >= 0.6 is 22.9 Å². The molecule has 1 aliphatic rings. The highest BCUT2D eigenvalue weighted by Gasteiger charge is 2.24. The number of piperidine rings is 1. The van der Waals surface area contributed by atoms with Crippen LogP contribution in [0.25, 0.3) is 11.3 Å². The SMILES string of the molecule is CN(C)C(=O)CC1CCN(c2nc(-c3ccccc3Cl)cs2)CC1. The third-order valence-electron chi connectivity index (χ3n) is 4.49. The molecule has 3 rings (SSSR count). The Bertz CT molecular complexity index is 708. The van der Waals surface area contributed by atoms with Crippen molar-refractivity contribution in [2.45, 2.75) is 19.3 Å². The van der Waals surface area contributed by atoms with Gasteiger partial charge in [0.05, 0.1) is 5.69 Å². The van der Waals surface area contributed by atoms with Crippen LogP contribution in [0.1, 0.15) is 19.3 Å². The molecule has 0 aliphatic carbocycles. The summed E-state index contributed by atoms with van der Waals surface area (Å²) in [4.78, 5) is 20.6. The second-order valence-corrected chi connectivity index (χ2v) is 7.66. The van der Waals surface area contributed by atoms with E-state index in [1.807, 2.05) is 38.4 Å². The third-order valence-corrected chi connectivity index (χ3v) is 5.72. The highest BCUT2D eigenvalue weighted by molar-refractivity contribution is 7.14. The van der Waals surface area contributed by atoms with Gasteiger partial charge in [0, 0.05) is 49.6 Å². The molecule has 0 atom stereocenters. The van der Waals surface area contributed by atoms with Crippen LogP contribution in [0.3, 0.4) is 0 Å². The molecule has 128 valence electrons. The summed E-state index contributed by atoms with van der Waals surface area (Å²) in [5.41, 5.74) is 1.92. The van der Waals surface area contributed by atoms with E-state index in [1.165, 1.54) is 0 Å². The Kier molecular flexibility index (Phi) is 5.41. The molecule has 1 amide bonds. The van der Waals surface area contributed by atoms with E-state index in [9.17, 15) is 4.79 Å². The second-order valence-electron chi connectivity index (χ2n) is 6.42. The van der Waals surface area contributed by atoms with Gasteiger partial charge in [-0.05, 0) is 24.8 Å². The lowest BCUT2D eigenvalue weighted by atomic mass is 9.93. The number of hydrogen-bond acceptors (Lipinski definition) is 4. The molecule has 1 fully saturated rings. The van der Waals surface area contributed by atoms with Gasteiger partial charge in [-0.1, -0.05) is 29.8 Å². The maximum absolute atomic E-state index is 11.8. The molecule has 1 aliphatic heterocycles. The number of hydrogen-bond donors (Lipinski definition) is 0. The van der Waals surface area contributed by atoms with E-state index in [1.54, 1.807) is 16.2 Å². The van der Waals surface area contributed by atoms with Gasteiger partial charge in [-0.25, -0.2) is 4.98 Å². The van der Waals surface area contributed by atoms with E-state index >= 15 is 0 Å². The van der Waals surface area contributed by atoms with Crippen LogP contribution < -0.4 is 4.90 Å². The summed E-state index contributed by atoms with van der Waals surface area (Å²) in [6, 6.07) is 7.80. The van der Waals surface area contributed by atoms with Crippen molar-refractivity contribution in [3.8, 4) is 11.3 Å². The first-order chi connectivity index (χ1) is 11.5. The molecule has 1 aromatic heterocycles. The normalized spacial score (nSPS) is 15.5. The molecule has 1 saturated heterocycles. The Balaban J connectivity index is 1.62. The summed E-state index contributed by atoms with van der Waals surface area (Å²) in [5.74, 6) is 0.711. The molecule has 4 nitrogen and oxygen atoms in total. The minimum Gasteiger partial charge on any atom is -0.349 e. The van der Waals surface area contributed by atoms with Crippen molar-refractivity contribution >= 4 is 34.0 Å². The Labute approximate surface area is 152 Å². The monoisotopic (exact) mass is 363 g/mol. The smallest absolute Gasteiger partial charge is 0.222 e. The van der Waals surface area contributed by atoms with Gasteiger partial charge in [-0.2, -0.15) is 0 Å². The van der Waals surface area contributed by atoms with Crippen molar-refractivity contribution in [2.24, 2.45) is 5.92 Å². The molecule has 0 bridgehead atoms. The average Bonchev–Trinajstić information content (AvgIpc) is 3.05. The zero-order valence-corrected chi connectivity index (χ0v) is 15.6. The summed E-state index contributed by atoms with van der Waals surface area (Å²) in [5, 5.41) is 3.84. The van der Waals surface area contributed by atoms with Crippen LogP contribution in [-0.2, 0) is 4.79 Å². The topological polar surface area (TPSA) is 36.4 Å². The van der Waals surface area contributed by atoms with Crippen LogP contribution in [0.5, 0.6) is 0 Å². The van der Waals surface area contributed by atoms with Gasteiger partial charge in [0.25, 0.3) is 0 Å². The molecule has 24 heavy (non-hydrogen) atoms. The predicted molar refractivity (Wildman–Crippen MR) is 101 cm³/mol. The fraction of sp³-hybridized carbons (Fsp3) is 0.444. The number of aromatic nitrogens is 1. The largest absolute Gasteiger partial charge is 0.349 e. The van der Waals surface area contributed by atoms with Gasteiger partial charge in [-0.15, -0.1) is 11.3 Å². The number of rotatable bonds is 4. The number of carbonyl (C=O) groups excluding carboxylic acids is 1. The van der Waals surface area contributed by atoms with Crippen molar-refractivity contribution in [1.82, 2.24) is 9.88 Å². The van der Waals surface area contributed by atoms with E-state index in [4.69, 9.17) is 16.6 Å². The van der Waals surface area contributed by atoms with Crippen LogP contribution in [0.2, 0.25) is 5.02 Å². The molecular formula is C18H22ClN3OS. The number of thiazole rings is 1. The highest BCUT2D eigenvalue weighted by atomic mass is 35.5. The van der Waals surface area contributed by atoms with Crippen LogP contribution in [-0.4, -0.2) is 43.0 Å². The molecule has 6 heteroatoms. The zero-order valence-electron chi connectivity index (χ0n) is 14.0. The molecule has 2 heterocycles. The van der Waals surface area contributed by atoms with Crippen LogP contribution in [0.15, 0.2) is 29.6 Å². The maximum Gasteiger partial charge on any atom is 0.222 e. The lowest BCUT2D eigenvalue weighted by molar-refractivity contribution is -0.129. The van der Waals surface area contributed by atoms with Crippen molar-refractivity contribution < 1.29 is 4.79 Å². The Morgan fingerprint density at radius 2 is 2.04 bits per heavy atom. The Morgan fingerprint density at radius 1 is 1.33 bits per heavy atom. The number of halogens is 1. The van der Waals surface area contributed by atoms with Crippen molar-refractivity contribution in [3.05, 3.63) is 34.7 Å². The van der Waals surface area contributed by atoms with E-state index in [-0.39, 0.29) is 5.91 Å². The summed E-state index contributed by atoms with van der Waals surface area (Å²) < 4.78 is 0. The van der Waals surface area contributed by atoms with Gasteiger partial charge in [0.2, 0.25) is 5.91 Å². The van der Waals surface area contributed by atoms with E-state index in [0.717, 1.165) is 47.3 Å². The molecule has 0 radical (unpaired) electrons. The van der Waals surface area contributed by atoms with E-state index in [0.29, 0.717) is 12.3 Å². The first-order valence-electron chi connectivity index (χ1n) is 8.20. The third kappa shape index (κ3) is 3.90. The summed E-state index contributed by atoms with van der Waals surface area (Å²) >= 11 is 7.92. The highest BCUT2D eigenvalue weighted by Crippen LogP contribution is 2.33. The molecule has 0 spiro atoms. The first-order valence-corrected chi connectivity index (χ1v) is 9.46. The minimum atomic E-state index is 0.226. The fourth-order valence-corrected chi connectivity index (χ4v) is 4.07. The van der Waals surface area contributed by atoms with Crippen molar-refractivity contribution in [2.75, 3.05) is 32.1 Å². The summed E-state index contributed by atoms with van der Waals surface area (Å²) in [7, 11) is 3.65. The lowest BCUT2D eigenvalue weighted by Gasteiger charge is -2.31. The minimum absolute atomic E-state index is 0.226. The van der Waals surface area contributed by atoms with Gasteiger partial charge in [-0.3, -0.25) is 4.79 Å². The zero-order chi connectivity index (χ0) is 17.1. The van der Waals surface area contributed by atoms with Crippen LogP contribution in [0, 0.1) is 5.92 Å². The number of amides is 1. The van der Waals surface area contributed by atoms with Gasteiger partial charge >= 0.3 is 0 Å². The number of benzene rings is 1. The van der Waals surface area contributed by atoms with Crippen molar-refractivity contribution in [1.29, 1.82) is 0 Å². The van der Waals surface area contributed by atoms with Gasteiger partial charge in [0.15, 0.2) is 5.13 Å². The van der Waals surface area contributed by atoms with Crippen molar-refractivity contribution in [3.63, 3.8) is 0 Å². The predicted octanol–water partition coefficient (Wildman–Crippen LogP) is 4.16. The second kappa shape index (κ2) is 7.53. The van der Waals surface area contributed by atoms with Gasteiger partial charge < -0.3 is 9.80 Å². The lowest BCUT2D eigenvalue weighted by Crippen LogP contribution is -2.35. The Morgan fingerprint density at radius 3 is 2.71 bits per heavy atom. The first kappa shape index (κ1) is 17.2. The molecular weight excluding hydrogens is 342 g/mol. The molecule has 2 aromatic rings. The van der Waals surface area contributed by atoms with E-state index < -0.39 is 0 Å². The number of carbonyl (C=O) groups is 1. The quantitative estimate of drug-likeness (QED) is 0.818. The molecule has 0 unspecified atom stereocenters. The fourth-order valence-electron chi connectivity index (χ4n) is 2.96. The Hall–Kier alpha value is -1.59. The maximum atomic E-state index is 11.8.